The third-order valence-electron chi connectivity index (χ3n) is 3.09. The topological polar surface area (TPSA) is 55.1 Å². The van der Waals surface area contributed by atoms with E-state index in [4.69, 9.17) is 5.73 Å². The number of carbonyl (C=O) groups is 1. The zero-order chi connectivity index (χ0) is 13.8. The molecule has 19 heavy (non-hydrogen) atoms. The summed E-state index contributed by atoms with van der Waals surface area (Å²) >= 11 is 0. The Kier molecular flexibility index (Phi) is 3.97. The van der Waals surface area contributed by atoms with Gasteiger partial charge in [-0.3, -0.25) is 4.79 Å². The smallest absolute Gasteiger partial charge is 0.245 e. The van der Waals surface area contributed by atoms with Crippen molar-refractivity contribution in [3.63, 3.8) is 0 Å². The molecule has 3 N–H and O–H groups in total. The fourth-order valence-electron chi connectivity index (χ4n) is 1.89. The quantitative estimate of drug-likeness (QED) is 0.884. The molecule has 3 heteroatoms. The summed E-state index contributed by atoms with van der Waals surface area (Å²) in [5, 5.41) is 2.89. The highest BCUT2D eigenvalue weighted by molar-refractivity contribution is 5.96. The van der Waals surface area contributed by atoms with E-state index in [-0.39, 0.29) is 5.91 Å². The molecule has 0 fully saturated rings. The Morgan fingerprint density at radius 3 is 2.47 bits per heavy atom. The van der Waals surface area contributed by atoms with E-state index in [1.54, 1.807) is 0 Å². The monoisotopic (exact) mass is 254 g/mol. The largest absolute Gasteiger partial charge is 0.324 e. The van der Waals surface area contributed by atoms with E-state index in [0.717, 1.165) is 22.4 Å². The molecule has 0 saturated carbocycles. The maximum atomic E-state index is 12.1. The van der Waals surface area contributed by atoms with Gasteiger partial charge in [0.1, 0.15) is 6.04 Å². The van der Waals surface area contributed by atoms with Gasteiger partial charge in [0.2, 0.25) is 5.91 Å². The van der Waals surface area contributed by atoms with E-state index in [0.29, 0.717) is 0 Å². The first-order chi connectivity index (χ1) is 9.08. The molecule has 0 aromatic heterocycles. The molecule has 0 aliphatic heterocycles. The first-order valence-corrected chi connectivity index (χ1v) is 6.26. The van der Waals surface area contributed by atoms with Gasteiger partial charge in [-0.2, -0.15) is 0 Å². The van der Waals surface area contributed by atoms with E-state index in [9.17, 15) is 4.79 Å². The van der Waals surface area contributed by atoms with Crippen molar-refractivity contribution in [3.05, 3.63) is 65.2 Å². The molecule has 3 nitrogen and oxygen atoms in total. The molecule has 2 rings (SSSR count). The second-order valence-corrected chi connectivity index (χ2v) is 4.70. The molecular formula is C16H18N2O. The fraction of sp³-hybridized carbons (Fsp3) is 0.188. The van der Waals surface area contributed by atoms with Crippen molar-refractivity contribution >= 4 is 11.6 Å². The van der Waals surface area contributed by atoms with Gasteiger partial charge >= 0.3 is 0 Å². The van der Waals surface area contributed by atoms with Crippen LogP contribution in [-0.4, -0.2) is 5.91 Å². The summed E-state index contributed by atoms with van der Waals surface area (Å²) in [5.74, 6) is -0.195. The van der Waals surface area contributed by atoms with Crippen LogP contribution in [0.15, 0.2) is 48.5 Å². The Bertz CT molecular complexity index is 579. The van der Waals surface area contributed by atoms with Crippen LogP contribution in [0.25, 0.3) is 0 Å². The lowest BCUT2D eigenvalue weighted by Gasteiger charge is -2.14. The predicted molar refractivity (Wildman–Crippen MR) is 77.9 cm³/mol. The Hall–Kier alpha value is -2.13. The fourth-order valence-corrected chi connectivity index (χ4v) is 1.89. The molecular weight excluding hydrogens is 236 g/mol. The number of benzene rings is 2. The summed E-state index contributed by atoms with van der Waals surface area (Å²) in [5.41, 5.74) is 9.72. The van der Waals surface area contributed by atoms with Crippen molar-refractivity contribution in [2.45, 2.75) is 19.9 Å². The average Bonchev–Trinajstić information content (AvgIpc) is 2.43. The summed E-state index contributed by atoms with van der Waals surface area (Å²) in [6.45, 7) is 3.95. The summed E-state index contributed by atoms with van der Waals surface area (Å²) in [7, 11) is 0. The van der Waals surface area contributed by atoms with Gasteiger partial charge < -0.3 is 11.1 Å². The van der Waals surface area contributed by atoms with Crippen molar-refractivity contribution in [1.82, 2.24) is 0 Å². The molecule has 0 unspecified atom stereocenters. The van der Waals surface area contributed by atoms with Gasteiger partial charge in [-0.25, -0.2) is 0 Å². The van der Waals surface area contributed by atoms with Crippen LogP contribution >= 0.6 is 0 Å². The Morgan fingerprint density at radius 2 is 1.79 bits per heavy atom. The Morgan fingerprint density at radius 1 is 1.11 bits per heavy atom. The van der Waals surface area contributed by atoms with Crippen molar-refractivity contribution < 1.29 is 4.79 Å². The minimum absolute atomic E-state index is 0.195. The summed E-state index contributed by atoms with van der Waals surface area (Å²) in [4.78, 5) is 12.1. The zero-order valence-electron chi connectivity index (χ0n) is 11.2. The number of hydrogen-bond donors (Lipinski definition) is 2. The van der Waals surface area contributed by atoms with Gasteiger partial charge in [0.25, 0.3) is 0 Å². The lowest BCUT2D eigenvalue weighted by atomic mass is 10.1. The van der Waals surface area contributed by atoms with Gasteiger partial charge in [0.15, 0.2) is 0 Å². The van der Waals surface area contributed by atoms with Crippen LogP contribution < -0.4 is 11.1 Å². The number of carbonyl (C=O) groups excluding carboxylic acids is 1. The SMILES string of the molecule is Cc1ccc(C)c(NC(=O)[C@@H](N)c2ccccc2)c1. The molecule has 0 bridgehead atoms. The molecule has 0 heterocycles. The van der Waals surface area contributed by atoms with Crippen LogP contribution in [0.5, 0.6) is 0 Å². The van der Waals surface area contributed by atoms with Gasteiger partial charge in [-0.1, -0.05) is 42.5 Å². The molecule has 0 spiro atoms. The van der Waals surface area contributed by atoms with Crippen LogP contribution in [0.2, 0.25) is 0 Å². The number of aryl methyl sites for hydroxylation is 2. The third-order valence-corrected chi connectivity index (χ3v) is 3.09. The Balaban J connectivity index is 2.15. The molecule has 98 valence electrons. The average molecular weight is 254 g/mol. The zero-order valence-corrected chi connectivity index (χ0v) is 11.2. The molecule has 0 saturated heterocycles. The highest BCUT2D eigenvalue weighted by Crippen LogP contribution is 2.18. The van der Waals surface area contributed by atoms with Crippen LogP contribution in [-0.2, 0) is 4.79 Å². The number of hydrogen-bond acceptors (Lipinski definition) is 2. The van der Waals surface area contributed by atoms with Crippen molar-refractivity contribution in [3.8, 4) is 0 Å². The molecule has 1 atom stereocenters. The summed E-state index contributed by atoms with van der Waals surface area (Å²) < 4.78 is 0. The third kappa shape index (κ3) is 3.20. The van der Waals surface area contributed by atoms with E-state index in [2.05, 4.69) is 5.32 Å². The van der Waals surface area contributed by atoms with Crippen LogP contribution in [0, 0.1) is 13.8 Å². The normalized spacial score (nSPS) is 11.9. The van der Waals surface area contributed by atoms with Gasteiger partial charge in [-0.15, -0.1) is 0 Å². The number of nitrogens with two attached hydrogens (primary N) is 1. The first-order valence-electron chi connectivity index (χ1n) is 6.26. The summed E-state index contributed by atoms with van der Waals surface area (Å²) in [6.07, 6.45) is 0. The lowest BCUT2D eigenvalue weighted by Crippen LogP contribution is -2.27. The molecule has 0 radical (unpaired) electrons. The maximum absolute atomic E-state index is 12.1. The van der Waals surface area contributed by atoms with Crippen molar-refractivity contribution in [2.75, 3.05) is 5.32 Å². The minimum Gasteiger partial charge on any atom is -0.324 e. The molecule has 1 amide bonds. The maximum Gasteiger partial charge on any atom is 0.245 e. The van der Waals surface area contributed by atoms with E-state index in [1.165, 1.54) is 0 Å². The standard InChI is InChI=1S/C16H18N2O/c1-11-8-9-12(2)14(10-11)18-16(19)15(17)13-6-4-3-5-7-13/h3-10,15H,17H2,1-2H3,(H,18,19)/t15-/m0/s1. The van der Waals surface area contributed by atoms with Crippen molar-refractivity contribution in [1.29, 1.82) is 0 Å². The second-order valence-electron chi connectivity index (χ2n) is 4.70. The van der Waals surface area contributed by atoms with Gasteiger partial charge in [-0.05, 0) is 36.6 Å². The van der Waals surface area contributed by atoms with E-state index >= 15 is 0 Å². The Labute approximate surface area is 113 Å². The van der Waals surface area contributed by atoms with Gasteiger partial charge in [0.05, 0.1) is 0 Å². The van der Waals surface area contributed by atoms with Crippen LogP contribution in [0.4, 0.5) is 5.69 Å². The van der Waals surface area contributed by atoms with E-state index < -0.39 is 6.04 Å². The molecule has 2 aromatic carbocycles. The van der Waals surface area contributed by atoms with Gasteiger partial charge in [0, 0.05) is 5.69 Å². The molecule has 2 aromatic rings. The molecule has 0 aliphatic rings. The van der Waals surface area contributed by atoms with Crippen LogP contribution in [0.3, 0.4) is 0 Å². The first kappa shape index (κ1) is 13.3. The number of amides is 1. The number of nitrogens with one attached hydrogen (secondary N) is 1. The minimum atomic E-state index is -0.652. The van der Waals surface area contributed by atoms with E-state index in [1.807, 2.05) is 62.4 Å². The lowest BCUT2D eigenvalue weighted by molar-refractivity contribution is -0.117. The highest BCUT2D eigenvalue weighted by Gasteiger charge is 2.16. The second kappa shape index (κ2) is 5.67. The highest BCUT2D eigenvalue weighted by atomic mass is 16.2. The number of rotatable bonds is 3. The number of anilines is 1. The predicted octanol–water partition coefficient (Wildman–Crippen LogP) is 2.94. The van der Waals surface area contributed by atoms with Crippen LogP contribution in [0.1, 0.15) is 22.7 Å². The molecule has 0 aliphatic carbocycles. The summed E-state index contributed by atoms with van der Waals surface area (Å²) in [6, 6.07) is 14.7. The van der Waals surface area contributed by atoms with Crippen molar-refractivity contribution in [2.24, 2.45) is 5.73 Å².